The Morgan fingerprint density at radius 3 is 2.22 bits per heavy atom. The first-order valence-corrected chi connectivity index (χ1v) is 9.81. The van der Waals surface area contributed by atoms with Crippen LogP contribution >= 0.6 is 0 Å². The third-order valence-electron chi connectivity index (χ3n) is 4.16. The highest BCUT2D eigenvalue weighted by atomic mass is 32.2. The molecule has 0 saturated carbocycles. The number of carbonyl (C=O) groups excluding carboxylic acids is 1. The monoisotopic (exact) mass is 392 g/mol. The fourth-order valence-corrected chi connectivity index (χ4v) is 3.51. The van der Waals surface area contributed by atoms with Gasteiger partial charge in [0.05, 0.1) is 19.1 Å². The van der Waals surface area contributed by atoms with Crippen molar-refractivity contribution in [2.24, 2.45) is 0 Å². The summed E-state index contributed by atoms with van der Waals surface area (Å²) in [6, 6.07) is 11.6. The predicted molar refractivity (Wildman–Crippen MR) is 104 cm³/mol. The average Bonchev–Trinajstić information content (AvgIpc) is 2.67. The van der Waals surface area contributed by atoms with Gasteiger partial charge in [-0.15, -0.1) is 0 Å². The molecule has 0 aliphatic carbocycles. The normalized spacial score (nSPS) is 11.1. The molecule has 1 amide bonds. The minimum absolute atomic E-state index is 0.126. The number of carbonyl (C=O) groups is 1. The SMILES string of the molecule is COc1ccc(CCNS(=O)(=O)c2ccc(N(C)C(C)=O)cc2)cc1OC. The highest BCUT2D eigenvalue weighted by Gasteiger charge is 2.15. The molecule has 0 heterocycles. The van der Waals surface area contributed by atoms with Gasteiger partial charge < -0.3 is 14.4 Å². The lowest BCUT2D eigenvalue weighted by molar-refractivity contribution is -0.116. The fraction of sp³-hybridized carbons (Fsp3) is 0.316. The van der Waals surface area contributed by atoms with E-state index in [1.807, 2.05) is 12.1 Å². The van der Waals surface area contributed by atoms with E-state index in [0.717, 1.165) is 5.56 Å². The third kappa shape index (κ3) is 5.21. The molecule has 27 heavy (non-hydrogen) atoms. The van der Waals surface area contributed by atoms with Gasteiger partial charge in [0, 0.05) is 26.2 Å². The third-order valence-corrected chi connectivity index (χ3v) is 5.64. The van der Waals surface area contributed by atoms with Gasteiger partial charge in [0.2, 0.25) is 15.9 Å². The van der Waals surface area contributed by atoms with Gasteiger partial charge in [-0.05, 0) is 48.4 Å². The van der Waals surface area contributed by atoms with Crippen LogP contribution in [0.1, 0.15) is 12.5 Å². The number of nitrogens with zero attached hydrogens (tertiary/aromatic N) is 1. The molecule has 7 nitrogen and oxygen atoms in total. The molecule has 0 radical (unpaired) electrons. The van der Waals surface area contributed by atoms with E-state index in [1.165, 1.54) is 24.0 Å². The Balaban J connectivity index is 2.01. The van der Waals surface area contributed by atoms with Crippen molar-refractivity contribution in [3.8, 4) is 11.5 Å². The molecule has 2 aromatic rings. The van der Waals surface area contributed by atoms with Crippen LogP contribution in [-0.4, -0.2) is 42.1 Å². The topological polar surface area (TPSA) is 84.9 Å². The van der Waals surface area contributed by atoms with Crippen molar-refractivity contribution in [1.82, 2.24) is 4.72 Å². The lowest BCUT2D eigenvalue weighted by atomic mass is 10.1. The molecule has 2 rings (SSSR count). The number of sulfonamides is 1. The molecule has 0 spiro atoms. The molecule has 0 fully saturated rings. The first-order valence-electron chi connectivity index (χ1n) is 8.33. The van der Waals surface area contributed by atoms with Gasteiger partial charge in [-0.2, -0.15) is 0 Å². The summed E-state index contributed by atoms with van der Waals surface area (Å²) in [5.74, 6) is 1.10. The van der Waals surface area contributed by atoms with E-state index in [4.69, 9.17) is 9.47 Å². The Hall–Kier alpha value is -2.58. The summed E-state index contributed by atoms with van der Waals surface area (Å²) in [7, 11) is 1.11. The number of methoxy groups -OCH3 is 2. The smallest absolute Gasteiger partial charge is 0.240 e. The molecule has 1 N–H and O–H groups in total. The summed E-state index contributed by atoms with van der Waals surface area (Å²) >= 11 is 0. The molecule has 8 heteroatoms. The van der Waals surface area contributed by atoms with E-state index in [0.29, 0.717) is 23.6 Å². The number of hydrogen-bond acceptors (Lipinski definition) is 5. The Morgan fingerprint density at radius 1 is 1.04 bits per heavy atom. The van der Waals surface area contributed by atoms with E-state index >= 15 is 0 Å². The van der Waals surface area contributed by atoms with Gasteiger partial charge >= 0.3 is 0 Å². The summed E-state index contributed by atoms with van der Waals surface area (Å²) in [4.78, 5) is 13.0. The number of ether oxygens (including phenoxy) is 2. The first-order chi connectivity index (χ1) is 12.8. The molecule has 0 atom stereocenters. The Kier molecular flexibility index (Phi) is 6.81. The van der Waals surface area contributed by atoms with E-state index in [-0.39, 0.29) is 17.3 Å². The van der Waals surface area contributed by atoms with Gasteiger partial charge in [-0.1, -0.05) is 6.07 Å². The Labute approximate surface area is 160 Å². The van der Waals surface area contributed by atoms with Crippen molar-refractivity contribution in [1.29, 1.82) is 0 Å². The second kappa shape index (κ2) is 8.88. The number of hydrogen-bond donors (Lipinski definition) is 1. The summed E-state index contributed by atoms with van der Waals surface area (Å²) in [5.41, 5.74) is 1.56. The lowest BCUT2D eigenvalue weighted by Crippen LogP contribution is -2.26. The molecule has 0 aromatic heterocycles. The minimum Gasteiger partial charge on any atom is -0.493 e. The Bertz CT molecular complexity index is 895. The van der Waals surface area contributed by atoms with Crippen LogP contribution in [0, 0.1) is 0 Å². The maximum Gasteiger partial charge on any atom is 0.240 e. The molecule has 0 aliphatic rings. The molecule has 146 valence electrons. The van der Waals surface area contributed by atoms with Gasteiger partial charge in [0.1, 0.15) is 0 Å². The van der Waals surface area contributed by atoms with Crippen molar-refractivity contribution in [3.63, 3.8) is 0 Å². The number of anilines is 1. The maximum atomic E-state index is 12.4. The zero-order valence-corrected chi connectivity index (χ0v) is 16.7. The standard InChI is InChI=1S/C19H24N2O5S/c1-14(22)21(2)16-6-8-17(9-7-16)27(23,24)20-12-11-15-5-10-18(25-3)19(13-15)26-4/h5-10,13,20H,11-12H2,1-4H3. The van der Waals surface area contributed by atoms with Crippen LogP contribution in [0.4, 0.5) is 5.69 Å². The molecular weight excluding hydrogens is 368 g/mol. The van der Waals surface area contributed by atoms with Gasteiger partial charge in [-0.3, -0.25) is 4.79 Å². The Morgan fingerprint density at radius 2 is 1.67 bits per heavy atom. The molecule has 0 bridgehead atoms. The summed E-state index contributed by atoms with van der Waals surface area (Å²) in [6.45, 7) is 1.69. The molecule has 0 aliphatic heterocycles. The van der Waals surface area contributed by atoms with E-state index in [2.05, 4.69) is 4.72 Å². The first kappa shape index (κ1) is 20.7. The van der Waals surface area contributed by atoms with Gasteiger partial charge in [0.15, 0.2) is 11.5 Å². The largest absolute Gasteiger partial charge is 0.493 e. The van der Waals surface area contributed by atoms with Crippen LogP contribution in [0.15, 0.2) is 47.4 Å². The quantitative estimate of drug-likeness (QED) is 0.745. The van der Waals surface area contributed by atoms with Crippen LogP contribution in [0.25, 0.3) is 0 Å². The second-order valence-electron chi connectivity index (χ2n) is 5.91. The van der Waals surface area contributed by atoms with Crippen molar-refractivity contribution < 1.29 is 22.7 Å². The van der Waals surface area contributed by atoms with E-state index < -0.39 is 10.0 Å². The van der Waals surface area contributed by atoms with Gasteiger partial charge in [0.25, 0.3) is 0 Å². The minimum atomic E-state index is -3.63. The van der Waals surface area contributed by atoms with Crippen LogP contribution in [0.2, 0.25) is 0 Å². The molecule has 0 saturated heterocycles. The zero-order chi connectivity index (χ0) is 20.0. The van der Waals surface area contributed by atoms with Crippen LogP contribution in [0.3, 0.4) is 0 Å². The summed E-state index contributed by atoms with van der Waals surface area (Å²) < 4.78 is 37.9. The molecule has 2 aromatic carbocycles. The highest BCUT2D eigenvalue weighted by Crippen LogP contribution is 2.27. The predicted octanol–water partition coefficient (Wildman–Crippen LogP) is 2.21. The van der Waals surface area contributed by atoms with Crippen molar-refractivity contribution in [2.45, 2.75) is 18.2 Å². The van der Waals surface area contributed by atoms with Crippen LogP contribution in [-0.2, 0) is 21.2 Å². The van der Waals surface area contributed by atoms with Crippen LogP contribution < -0.4 is 19.1 Å². The van der Waals surface area contributed by atoms with Crippen molar-refractivity contribution in [2.75, 3.05) is 32.7 Å². The van der Waals surface area contributed by atoms with E-state index in [1.54, 1.807) is 39.5 Å². The molecule has 0 unspecified atom stereocenters. The van der Waals surface area contributed by atoms with Gasteiger partial charge in [-0.25, -0.2) is 13.1 Å². The van der Waals surface area contributed by atoms with Crippen LogP contribution in [0.5, 0.6) is 11.5 Å². The van der Waals surface area contributed by atoms with E-state index in [9.17, 15) is 13.2 Å². The second-order valence-corrected chi connectivity index (χ2v) is 7.68. The maximum absolute atomic E-state index is 12.4. The number of benzene rings is 2. The lowest BCUT2D eigenvalue weighted by Gasteiger charge is -2.15. The summed E-state index contributed by atoms with van der Waals surface area (Å²) in [6.07, 6.45) is 0.505. The number of amides is 1. The number of rotatable bonds is 8. The highest BCUT2D eigenvalue weighted by molar-refractivity contribution is 7.89. The fourth-order valence-electron chi connectivity index (χ4n) is 2.48. The summed E-state index contributed by atoms with van der Waals surface area (Å²) in [5, 5.41) is 0. The van der Waals surface area contributed by atoms with Crippen molar-refractivity contribution in [3.05, 3.63) is 48.0 Å². The zero-order valence-electron chi connectivity index (χ0n) is 15.9. The molecular formula is C19H24N2O5S. The number of nitrogens with one attached hydrogen (secondary N) is 1. The average molecular weight is 392 g/mol. The van der Waals surface area contributed by atoms with Crippen molar-refractivity contribution >= 4 is 21.6 Å².